The third-order valence-corrected chi connectivity index (χ3v) is 2.45. The molecule has 0 amide bonds. The van der Waals surface area contributed by atoms with Crippen LogP contribution in [0.25, 0.3) is 5.69 Å². The molecule has 0 radical (unpaired) electrons. The number of aryl methyl sites for hydroxylation is 1. The SMILES string of the molecule is Cc1nc(O)n(-c2ccccc2Br)n1. The molecule has 72 valence electrons. The Kier molecular flexibility index (Phi) is 2.25. The van der Waals surface area contributed by atoms with Crippen molar-refractivity contribution in [1.29, 1.82) is 0 Å². The summed E-state index contributed by atoms with van der Waals surface area (Å²) in [6, 6.07) is 7.39. The molecular formula is C9H8BrN3O. The number of para-hydroxylation sites is 1. The molecule has 2 aromatic rings. The highest BCUT2D eigenvalue weighted by Gasteiger charge is 2.09. The molecule has 4 nitrogen and oxygen atoms in total. The minimum atomic E-state index is -0.102. The lowest BCUT2D eigenvalue weighted by molar-refractivity contribution is 0.415. The minimum absolute atomic E-state index is 0.102. The molecule has 1 N–H and O–H groups in total. The largest absolute Gasteiger partial charge is 0.479 e. The Morgan fingerprint density at radius 3 is 2.64 bits per heavy atom. The van der Waals surface area contributed by atoms with Gasteiger partial charge in [0.05, 0.1) is 5.69 Å². The maximum Gasteiger partial charge on any atom is 0.317 e. The van der Waals surface area contributed by atoms with Crippen molar-refractivity contribution in [2.45, 2.75) is 6.92 Å². The second kappa shape index (κ2) is 3.42. The molecule has 1 aromatic carbocycles. The normalized spacial score (nSPS) is 10.4. The highest BCUT2D eigenvalue weighted by Crippen LogP contribution is 2.22. The van der Waals surface area contributed by atoms with E-state index < -0.39 is 0 Å². The zero-order valence-electron chi connectivity index (χ0n) is 7.48. The first kappa shape index (κ1) is 9.21. The maximum absolute atomic E-state index is 9.48. The van der Waals surface area contributed by atoms with Gasteiger partial charge in [-0.15, -0.1) is 5.10 Å². The van der Waals surface area contributed by atoms with E-state index in [4.69, 9.17) is 0 Å². The number of hydrogen-bond donors (Lipinski definition) is 1. The zero-order valence-corrected chi connectivity index (χ0v) is 9.06. The van der Waals surface area contributed by atoms with E-state index in [1.165, 1.54) is 4.68 Å². The lowest BCUT2D eigenvalue weighted by atomic mass is 10.3. The van der Waals surface area contributed by atoms with Gasteiger partial charge in [-0.2, -0.15) is 9.67 Å². The zero-order chi connectivity index (χ0) is 10.1. The van der Waals surface area contributed by atoms with E-state index in [1.807, 2.05) is 24.3 Å². The van der Waals surface area contributed by atoms with Gasteiger partial charge in [0, 0.05) is 4.47 Å². The Balaban J connectivity index is 2.60. The topological polar surface area (TPSA) is 50.9 Å². The molecule has 14 heavy (non-hydrogen) atoms. The summed E-state index contributed by atoms with van der Waals surface area (Å²) >= 11 is 3.38. The van der Waals surface area contributed by atoms with Crippen LogP contribution in [0.1, 0.15) is 5.82 Å². The van der Waals surface area contributed by atoms with Gasteiger partial charge in [0.1, 0.15) is 0 Å². The van der Waals surface area contributed by atoms with Crippen LogP contribution in [-0.4, -0.2) is 19.9 Å². The molecule has 5 heteroatoms. The molecule has 1 heterocycles. The van der Waals surface area contributed by atoms with Crippen LogP contribution in [0.3, 0.4) is 0 Å². The van der Waals surface area contributed by atoms with Gasteiger partial charge in [-0.1, -0.05) is 12.1 Å². The predicted octanol–water partition coefficient (Wildman–Crippen LogP) is 2.04. The van der Waals surface area contributed by atoms with E-state index in [1.54, 1.807) is 6.92 Å². The van der Waals surface area contributed by atoms with Crippen molar-refractivity contribution in [2.24, 2.45) is 0 Å². The third-order valence-electron chi connectivity index (χ3n) is 1.78. The maximum atomic E-state index is 9.48. The van der Waals surface area contributed by atoms with Crippen LogP contribution in [0.4, 0.5) is 0 Å². The number of benzene rings is 1. The molecule has 0 atom stereocenters. The van der Waals surface area contributed by atoms with E-state index in [0.29, 0.717) is 5.82 Å². The Bertz CT molecular complexity index is 467. The molecule has 2 rings (SSSR count). The summed E-state index contributed by atoms with van der Waals surface area (Å²) in [6.07, 6.45) is 0. The molecule has 0 aliphatic carbocycles. The van der Waals surface area contributed by atoms with Gasteiger partial charge in [-0.05, 0) is 35.0 Å². The number of hydrogen-bond acceptors (Lipinski definition) is 3. The second-order valence-electron chi connectivity index (χ2n) is 2.82. The molecule has 0 spiro atoms. The molecule has 0 saturated carbocycles. The van der Waals surface area contributed by atoms with Gasteiger partial charge in [0.2, 0.25) is 0 Å². The van der Waals surface area contributed by atoms with E-state index in [2.05, 4.69) is 26.0 Å². The molecule has 0 fully saturated rings. The van der Waals surface area contributed by atoms with E-state index >= 15 is 0 Å². The Morgan fingerprint density at radius 2 is 2.07 bits per heavy atom. The van der Waals surface area contributed by atoms with Crippen molar-refractivity contribution < 1.29 is 5.11 Å². The molecular weight excluding hydrogens is 246 g/mol. The fourth-order valence-corrected chi connectivity index (χ4v) is 1.64. The molecule has 0 aliphatic heterocycles. The van der Waals surface area contributed by atoms with E-state index in [-0.39, 0.29) is 6.01 Å². The van der Waals surface area contributed by atoms with Crippen molar-refractivity contribution >= 4 is 15.9 Å². The van der Waals surface area contributed by atoms with E-state index in [0.717, 1.165) is 10.2 Å². The predicted molar refractivity (Wildman–Crippen MR) is 55.5 cm³/mol. The average Bonchev–Trinajstić information content (AvgIpc) is 2.46. The number of aromatic hydroxyl groups is 1. The summed E-state index contributed by atoms with van der Waals surface area (Å²) in [5, 5.41) is 13.5. The van der Waals surface area contributed by atoms with Crippen molar-refractivity contribution in [2.75, 3.05) is 0 Å². The first-order chi connectivity index (χ1) is 6.68. The third kappa shape index (κ3) is 1.50. The Hall–Kier alpha value is -1.36. The van der Waals surface area contributed by atoms with Crippen LogP contribution in [0.15, 0.2) is 28.7 Å². The molecule has 0 aliphatic rings. The molecule has 1 aromatic heterocycles. The highest BCUT2D eigenvalue weighted by atomic mass is 79.9. The van der Waals surface area contributed by atoms with Crippen LogP contribution in [-0.2, 0) is 0 Å². The smallest absolute Gasteiger partial charge is 0.317 e. The lowest BCUT2D eigenvalue weighted by Gasteiger charge is -2.03. The summed E-state index contributed by atoms with van der Waals surface area (Å²) in [6.45, 7) is 1.73. The van der Waals surface area contributed by atoms with Crippen LogP contribution < -0.4 is 0 Å². The summed E-state index contributed by atoms with van der Waals surface area (Å²) in [7, 11) is 0. The first-order valence-corrected chi connectivity index (χ1v) is 4.85. The lowest BCUT2D eigenvalue weighted by Crippen LogP contribution is -1.96. The molecule has 0 saturated heterocycles. The van der Waals surface area contributed by atoms with Crippen LogP contribution in [0.2, 0.25) is 0 Å². The summed E-state index contributed by atoms with van der Waals surface area (Å²) in [5.41, 5.74) is 0.769. The van der Waals surface area contributed by atoms with Crippen molar-refractivity contribution in [1.82, 2.24) is 14.8 Å². The minimum Gasteiger partial charge on any atom is -0.479 e. The summed E-state index contributed by atoms with van der Waals surface area (Å²) in [4.78, 5) is 3.82. The van der Waals surface area contributed by atoms with Crippen LogP contribution in [0, 0.1) is 6.92 Å². The van der Waals surface area contributed by atoms with Gasteiger partial charge in [0.15, 0.2) is 5.82 Å². The highest BCUT2D eigenvalue weighted by molar-refractivity contribution is 9.10. The fraction of sp³-hybridized carbons (Fsp3) is 0.111. The van der Waals surface area contributed by atoms with E-state index in [9.17, 15) is 5.11 Å². The van der Waals surface area contributed by atoms with Gasteiger partial charge in [0.25, 0.3) is 0 Å². The molecule has 0 unspecified atom stereocenters. The summed E-state index contributed by atoms with van der Waals surface area (Å²) < 4.78 is 2.25. The number of rotatable bonds is 1. The van der Waals surface area contributed by atoms with Crippen molar-refractivity contribution in [3.8, 4) is 11.7 Å². The Morgan fingerprint density at radius 1 is 1.36 bits per heavy atom. The number of aromatic nitrogens is 3. The monoisotopic (exact) mass is 253 g/mol. The van der Waals surface area contributed by atoms with Crippen molar-refractivity contribution in [3.63, 3.8) is 0 Å². The first-order valence-electron chi connectivity index (χ1n) is 4.06. The van der Waals surface area contributed by atoms with Crippen LogP contribution in [0.5, 0.6) is 6.01 Å². The standard InChI is InChI=1S/C9H8BrN3O/c1-6-11-9(14)13(12-6)8-5-3-2-4-7(8)10/h2-5H,1H3,(H,11,12,14). The van der Waals surface area contributed by atoms with Crippen molar-refractivity contribution in [3.05, 3.63) is 34.6 Å². The van der Waals surface area contributed by atoms with Gasteiger partial charge < -0.3 is 5.11 Å². The Labute approximate surface area is 89.3 Å². The number of halogens is 1. The van der Waals surface area contributed by atoms with Crippen LogP contribution >= 0.6 is 15.9 Å². The fourth-order valence-electron chi connectivity index (χ4n) is 1.19. The van der Waals surface area contributed by atoms with Gasteiger partial charge in [-0.25, -0.2) is 0 Å². The quantitative estimate of drug-likeness (QED) is 0.847. The van der Waals surface area contributed by atoms with Gasteiger partial charge >= 0.3 is 6.01 Å². The summed E-state index contributed by atoms with van der Waals surface area (Å²) in [5.74, 6) is 0.540. The number of nitrogens with zero attached hydrogens (tertiary/aromatic N) is 3. The van der Waals surface area contributed by atoms with Gasteiger partial charge in [-0.3, -0.25) is 0 Å². The average molecular weight is 254 g/mol. The second-order valence-corrected chi connectivity index (χ2v) is 3.68. The molecule has 0 bridgehead atoms.